The van der Waals surface area contributed by atoms with E-state index in [4.69, 9.17) is 9.47 Å². The fourth-order valence-corrected chi connectivity index (χ4v) is 3.89. The normalized spacial score (nSPS) is 17.5. The van der Waals surface area contributed by atoms with Crippen LogP contribution in [0.2, 0.25) is 0 Å². The lowest BCUT2D eigenvalue weighted by molar-refractivity contribution is -0.143. The molecule has 1 aliphatic rings. The van der Waals surface area contributed by atoms with Crippen molar-refractivity contribution in [2.45, 2.75) is 44.0 Å². The molecule has 0 spiro atoms. The number of esters is 1. The second-order valence-electron chi connectivity index (χ2n) is 6.46. The van der Waals surface area contributed by atoms with E-state index < -0.39 is 5.54 Å². The van der Waals surface area contributed by atoms with Gasteiger partial charge < -0.3 is 9.47 Å². The number of thioether (sulfide) groups is 1. The summed E-state index contributed by atoms with van der Waals surface area (Å²) in [6, 6.07) is 7.77. The first-order valence-corrected chi connectivity index (χ1v) is 10.3. The third-order valence-corrected chi connectivity index (χ3v) is 5.64. The summed E-state index contributed by atoms with van der Waals surface area (Å²) in [6.45, 7) is 8.78. The van der Waals surface area contributed by atoms with E-state index in [0.29, 0.717) is 44.9 Å². The molecule has 5 nitrogen and oxygen atoms in total. The first kappa shape index (κ1) is 20.9. The van der Waals surface area contributed by atoms with E-state index in [1.807, 2.05) is 31.2 Å². The SMILES string of the molecule is CCOC(=O)CCC(C)(C(=O)c1ccc(SCC)cc1)N1CCOCC1. The number of ether oxygens (including phenoxy) is 2. The minimum absolute atomic E-state index is 0.0525. The van der Waals surface area contributed by atoms with Crippen molar-refractivity contribution in [1.82, 2.24) is 4.90 Å². The van der Waals surface area contributed by atoms with Crippen LogP contribution in [-0.4, -0.2) is 60.9 Å². The third kappa shape index (κ3) is 5.32. The van der Waals surface area contributed by atoms with Gasteiger partial charge in [-0.3, -0.25) is 14.5 Å². The molecule has 1 aromatic carbocycles. The van der Waals surface area contributed by atoms with Gasteiger partial charge in [0.2, 0.25) is 0 Å². The second kappa shape index (κ2) is 10.1. The Morgan fingerprint density at radius 1 is 1.19 bits per heavy atom. The molecule has 1 saturated heterocycles. The molecule has 6 heteroatoms. The number of morpholine rings is 1. The number of rotatable bonds is 9. The number of Topliss-reactive ketones (excluding diaryl/α,β-unsaturated/α-hetero) is 1. The molecule has 0 aromatic heterocycles. The fourth-order valence-electron chi connectivity index (χ4n) is 3.23. The summed E-state index contributed by atoms with van der Waals surface area (Å²) in [6.07, 6.45) is 0.674. The summed E-state index contributed by atoms with van der Waals surface area (Å²) in [5.74, 6) is 0.796. The molecule has 0 amide bonds. The first-order valence-electron chi connectivity index (χ1n) is 9.27. The van der Waals surface area contributed by atoms with Gasteiger partial charge in [0, 0.05) is 30.0 Å². The lowest BCUT2D eigenvalue weighted by atomic mass is 9.84. The molecular weight excluding hydrogens is 350 g/mol. The van der Waals surface area contributed by atoms with Gasteiger partial charge >= 0.3 is 5.97 Å². The van der Waals surface area contributed by atoms with E-state index in [1.54, 1.807) is 18.7 Å². The van der Waals surface area contributed by atoms with Gasteiger partial charge in [-0.1, -0.05) is 19.1 Å². The van der Waals surface area contributed by atoms with E-state index in [9.17, 15) is 9.59 Å². The van der Waals surface area contributed by atoms with Crippen molar-refractivity contribution in [2.24, 2.45) is 0 Å². The summed E-state index contributed by atoms with van der Waals surface area (Å²) in [5, 5.41) is 0. The standard InChI is InChI=1S/C20H29NO4S/c1-4-25-18(22)10-11-20(3,21-12-14-24-15-13-21)19(23)16-6-8-17(9-7-16)26-5-2/h6-9H,4-5,10-15H2,1-3H3. The van der Waals surface area contributed by atoms with Crippen molar-refractivity contribution >= 4 is 23.5 Å². The van der Waals surface area contributed by atoms with Crippen LogP contribution in [0.4, 0.5) is 0 Å². The molecule has 0 N–H and O–H groups in total. The molecule has 0 bridgehead atoms. The minimum atomic E-state index is -0.740. The molecule has 1 aliphatic heterocycles. The second-order valence-corrected chi connectivity index (χ2v) is 7.80. The highest BCUT2D eigenvalue weighted by molar-refractivity contribution is 7.99. The Hall–Kier alpha value is -1.37. The molecule has 0 radical (unpaired) electrons. The van der Waals surface area contributed by atoms with Crippen LogP contribution in [0, 0.1) is 0 Å². The highest BCUT2D eigenvalue weighted by atomic mass is 32.2. The molecular formula is C20H29NO4S. The Morgan fingerprint density at radius 3 is 2.42 bits per heavy atom. The molecule has 0 saturated carbocycles. The van der Waals surface area contributed by atoms with Crippen LogP contribution in [0.1, 0.15) is 44.0 Å². The smallest absolute Gasteiger partial charge is 0.305 e. The van der Waals surface area contributed by atoms with Crippen LogP contribution in [-0.2, 0) is 14.3 Å². The largest absolute Gasteiger partial charge is 0.466 e. The molecule has 2 rings (SSSR count). The molecule has 1 unspecified atom stereocenters. The Morgan fingerprint density at radius 2 is 1.85 bits per heavy atom. The van der Waals surface area contributed by atoms with E-state index in [1.165, 1.54) is 0 Å². The number of benzene rings is 1. The predicted molar refractivity (Wildman–Crippen MR) is 104 cm³/mol. The van der Waals surface area contributed by atoms with Crippen LogP contribution in [0.3, 0.4) is 0 Å². The average Bonchev–Trinajstić information content (AvgIpc) is 2.67. The topological polar surface area (TPSA) is 55.8 Å². The van der Waals surface area contributed by atoms with Crippen LogP contribution in [0.5, 0.6) is 0 Å². The Labute approximate surface area is 160 Å². The lowest BCUT2D eigenvalue weighted by Crippen LogP contribution is -2.56. The van der Waals surface area contributed by atoms with E-state index >= 15 is 0 Å². The average molecular weight is 380 g/mol. The summed E-state index contributed by atoms with van der Waals surface area (Å²) in [7, 11) is 0. The van der Waals surface area contributed by atoms with Crippen LogP contribution in [0.25, 0.3) is 0 Å². The van der Waals surface area contributed by atoms with Crippen LogP contribution < -0.4 is 0 Å². The number of nitrogens with zero attached hydrogens (tertiary/aromatic N) is 1. The summed E-state index contributed by atoms with van der Waals surface area (Å²) < 4.78 is 10.5. The quantitative estimate of drug-likeness (QED) is 0.372. The van der Waals surface area contributed by atoms with Crippen molar-refractivity contribution in [1.29, 1.82) is 0 Å². The number of hydrogen-bond acceptors (Lipinski definition) is 6. The number of carbonyl (C=O) groups is 2. The number of carbonyl (C=O) groups excluding carboxylic acids is 2. The van der Waals surface area contributed by atoms with Crippen LogP contribution in [0.15, 0.2) is 29.2 Å². The molecule has 144 valence electrons. The summed E-state index contributed by atoms with van der Waals surface area (Å²) >= 11 is 1.75. The van der Waals surface area contributed by atoms with E-state index in [0.717, 1.165) is 10.6 Å². The molecule has 26 heavy (non-hydrogen) atoms. The predicted octanol–water partition coefficient (Wildman–Crippen LogP) is 3.42. The van der Waals surface area contributed by atoms with Crippen molar-refractivity contribution in [3.8, 4) is 0 Å². The summed E-state index contributed by atoms with van der Waals surface area (Å²) in [4.78, 5) is 28.5. The maximum absolute atomic E-state index is 13.4. The van der Waals surface area contributed by atoms with Crippen molar-refractivity contribution in [3.63, 3.8) is 0 Å². The zero-order chi connectivity index (χ0) is 19.0. The van der Waals surface area contributed by atoms with Gasteiger partial charge in [-0.25, -0.2) is 0 Å². The van der Waals surface area contributed by atoms with E-state index in [2.05, 4.69) is 11.8 Å². The maximum atomic E-state index is 13.4. The summed E-state index contributed by atoms with van der Waals surface area (Å²) in [5.41, 5.74) is -0.0565. The van der Waals surface area contributed by atoms with Crippen LogP contribution >= 0.6 is 11.8 Å². The lowest BCUT2D eigenvalue weighted by Gasteiger charge is -2.42. The minimum Gasteiger partial charge on any atom is -0.466 e. The highest BCUT2D eigenvalue weighted by Gasteiger charge is 2.40. The Bertz CT molecular complexity index is 598. The maximum Gasteiger partial charge on any atom is 0.305 e. The molecule has 0 aliphatic carbocycles. The van der Waals surface area contributed by atoms with Gasteiger partial charge in [0.15, 0.2) is 5.78 Å². The monoisotopic (exact) mass is 379 g/mol. The molecule has 1 aromatic rings. The Balaban J connectivity index is 2.20. The fraction of sp³-hybridized carbons (Fsp3) is 0.600. The van der Waals surface area contributed by atoms with Crippen molar-refractivity contribution < 1.29 is 19.1 Å². The van der Waals surface area contributed by atoms with Gasteiger partial charge in [0.25, 0.3) is 0 Å². The zero-order valence-electron chi connectivity index (χ0n) is 16.0. The van der Waals surface area contributed by atoms with Gasteiger partial charge in [-0.2, -0.15) is 0 Å². The van der Waals surface area contributed by atoms with E-state index in [-0.39, 0.29) is 18.2 Å². The van der Waals surface area contributed by atoms with Crippen molar-refractivity contribution in [2.75, 3.05) is 38.7 Å². The number of ketones is 1. The third-order valence-electron chi connectivity index (χ3n) is 4.75. The molecule has 1 fully saturated rings. The van der Waals surface area contributed by atoms with Crippen molar-refractivity contribution in [3.05, 3.63) is 29.8 Å². The van der Waals surface area contributed by atoms with Gasteiger partial charge in [0.1, 0.15) is 0 Å². The molecule has 1 atom stereocenters. The van der Waals surface area contributed by atoms with Gasteiger partial charge in [-0.05, 0) is 38.2 Å². The zero-order valence-corrected chi connectivity index (χ0v) is 16.8. The Kier molecular flexibility index (Phi) is 8.13. The van der Waals surface area contributed by atoms with Gasteiger partial charge in [0.05, 0.1) is 25.4 Å². The molecule has 1 heterocycles. The van der Waals surface area contributed by atoms with Gasteiger partial charge in [-0.15, -0.1) is 11.8 Å². The first-order chi connectivity index (χ1) is 12.5. The highest BCUT2D eigenvalue weighted by Crippen LogP contribution is 2.28. The number of hydrogen-bond donors (Lipinski definition) is 0.